The van der Waals surface area contributed by atoms with Crippen LogP contribution in [0.4, 0.5) is 13.2 Å². The Morgan fingerprint density at radius 1 is 1.07 bits per heavy atom. The SMILES string of the molecule is O=c1c(-c2ccc(C(F)(F)F)cc2O)cncn1[C@H]1CCN2CCCC[C@H]12. The van der Waals surface area contributed by atoms with Gasteiger partial charge in [0.25, 0.3) is 5.56 Å². The van der Waals surface area contributed by atoms with Crippen molar-refractivity contribution in [3.8, 4) is 16.9 Å². The van der Waals surface area contributed by atoms with Crippen molar-refractivity contribution in [2.45, 2.75) is 43.9 Å². The monoisotopic (exact) mass is 379 g/mol. The number of alkyl halides is 3. The molecule has 1 aromatic heterocycles. The lowest BCUT2D eigenvalue weighted by Crippen LogP contribution is -2.40. The molecule has 144 valence electrons. The molecule has 8 heteroatoms. The Morgan fingerprint density at radius 3 is 2.63 bits per heavy atom. The first-order chi connectivity index (χ1) is 12.9. The molecule has 2 fully saturated rings. The molecule has 1 N–H and O–H groups in total. The Morgan fingerprint density at radius 2 is 1.89 bits per heavy atom. The predicted octanol–water partition coefficient (Wildman–Crippen LogP) is 3.43. The Hall–Kier alpha value is -2.35. The highest BCUT2D eigenvalue weighted by molar-refractivity contribution is 5.69. The minimum Gasteiger partial charge on any atom is -0.507 e. The number of benzene rings is 1. The van der Waals surface area contributed by atoms with E-state index in [0.717, 1.165) is 50.9 Å². The van der Waals surface area contributed by atoms with Gasteiger partial charge in [0.1, 0.15) is 5.75 Å². The zero-order valence-corrected chi connectivity index (χ0v) is 14.6. The predicted molar refractivity (Wildman–Crippen MR) is 93.5 cm³/mol. The van der Waals surface area contributed by atoms with E-state index in [2.05, 4.69) is 9.88 Å². The van der Waals surface area contributed by atoms with Crippen LogP contribution in [0.5, 0.6) is 5.75 Å². The fourth-order valence-electron chi connectivity index (χ4n) is 4.33. The molecular formula is C19H20F3N3O2. The van der Waals surface area contributed by atoms with Crippen molar-refractivity contribution >= 4 is 0 Å². The average molecular weight is 379 g/mol. The third kappa shape index (κ3) is 3.22. The standard InChI is InChI=1S/C19H20F3N3O2/c20-19(21,22)12-4-5-13(17(26)9-12)14-10-23-11-25(18(14)27)16-6-8-24-7-2-1-3-15(16)24/h4-5,9-11,15-16,26H,1-3,6-8H2/t15-,16+/m1/s1. The first-order valence-electron chi connectivity index (χ1n) is 9.07. The van der Waals surface area contributed by atoms with Crippen LogP contribution in [-0.4, -0.2) is 38.7 Å². The number of phenols is 1. The number of aromatic nitrogens is 2. The minimum atomic E-state index is -4.56. The van der Waals surface area contributed by atoms with Crippen LogP contribution < -0.4 is 5.56 Å². The van der Waals surface area contributed by atoms with E-state index in [0.29, 0.717) is 6.07 Å². The third-order valence-corrected chi connectivity index (χ3v) is 5.65. The van der Waals surface area contributed by atoms with E-state index in [1.165, 1.54) is 12.5 Å². The molecule has 2 aliphatic rings. The maximum atomic E-state index is 13.0. The second-order valence-corrected chi connectivity index (χ2v) is 7.20. The van der Waals surface area contributed by atoms with Crippen molar-refractivity contribution in [3.05, 3.63) is 46.6 Å². The van der Waals surface area contributed by atoms with Gasteiger partial charge < -0.3 is 5.11 Å². The summed E-state index contributed by atoms with van der Waals surface area (Å²) in [6.07, 6.45) is 2.39. The fraction of sp³-hybridized carbons (Fsp3) is 0.474. The van der Waals surface area contributed by atoms with E-state index in [-0.39, 0.29) is 28.8 Å². The largest absolute Gasteiger partial charge is 0.507 e. The van der Waals surface area contributed by atoms with E-state index in [1.807, 2.05) is 0 Å². The van der Waals surface area contributed by atoms with Crippen molar-refractivity contribution in [2.75, 3.05) is 13.1 Å². The van der Waals surface area contributed by atoms with Gasteiger partial charge in [-0.3, -0.25) is 14.3 Å². The minimum absolute atomic E-state index is 0.00170. The number of hydrogen-bond acceptors (Lipinski definition) is 4. The lowest BCUT2D eigenvalue weighted by molar-refractivity contribution is -0.137. The number of phenolic OH excluding ortho intramolecular Hbond substituents is 1. The molecule has 27 heavy (non-hydrogen) atoms. The van der Waals surface area contributed by atoms with Gasteiger partial charge in [-0.25, -0.2) is 4.98 Å². The second kappa shape index (κ2) is 6.67. The van der Waals surface area contributed by atoms with Gasteiger partial charge in [-0.1, -0.05) is 6.42 Å². The molecule has 2 aromatic rings. The Balaban J connectivity index is 1.72. The molecule has 0 spiro atoms. The molecule has 4 rings (SSSR count). The van der Waals surface area contributed by atoms with Gasteiger partial charge >= 0.3 is 6.18 Å². The summed E-state index contributed by atoms with van der Waals surface area (Å²) in [5, 5.41) is 10.1. The molecule has 0 bridgehead atoms. The van der Waals surface area contributed by atoms with Crippen LogP contribution in [0.1, 0.15) is 37.3 Å². The normalized spacial score (nSPS) is 23.4. The van der Waals surface area contributed by atoms with E-state index in [4.69, 9.17) is 0 Å². The number of fused-ring (bicyclic) bond motifs is 1. The van der Waals surface area contributed by atoms with Crippen molar-refractivity contribution in [3.63, 3.8) is 0 Å². The molecule has 0 aliphatic carbocycles. The molecule has 3 heterocycles. The Kier molecular flexibility index (Phi) is 4.46. The van der Waals surface area contributed by atoms with Gasteiger partial charge in [0.2, 0.25) is 0 Å². The van der Waals surface area contributed by atoms with Crippen molar-refractivity contribution < 1.29 is 18.3 Å². The molecule has 2 aliphatic heterocycles. The number of rotatable bonds is 2. The van der Waals surface area contributed by atoms with Crippen LogP contribution >= 0.6 is 0 Å². The Labute approximate surface area is 154 Å². The smallest absolute Gasteiger partial charge is 0.416 e. The van der Waals surface area contributed by atoms with Crippen LogP contribution in [0.3, 0.4) is 0 Å². The highest BCUT2D eigenvalue weighted by atomic mass is 19.4. The molecule has 0 saturated carbocycles. The number of hydrogen-bond donors (Lipinski definition) is 1. The van der Waals surface area contributed by atoms with E-state index in [9.17, 15) is 23.1 Å². The lowest BCUT2D eigenvalue weighted by Gasteiger charge is -2.32. The molecule has 0 unspecified atom stereocenters. The highest BCUT2D eigenvalue weighted by Gasteiger charge is 2.37. The van der Waals surface area contributed by atoms with Crippen molar-refractivity contribution in [1.29, 1.82) is 0 Å². The highest BCUT2D eigenvalue weighted by Crippen LogP contribution is 2.37. The summed E-state index contributed by atoms with van der Waals surface area (Å²) in [5.41, 5.74) is -1.12. The summed E-state index contributed by atoms with van der Waals surface area (Å²) >= 11 is 0. The summed E-state index contributed by atoms with van der Waals surface area (Å²) in [6, 6.07) is 2.92. The van der Waals surface area contributed by atoms with Crippen molar-refractivity contribution in [2.24, 2.45) is 0 Å². The zero-order valence-electron chi connectivity index (χ0n) is 14.6. The quantitative estimate of drug-likeness (QED) is 0.869. The van der Waals surface area contributed by atoms with Gasteiger partial charge in [0.15, 0.2) is 0 Å². The molecular weight excluding hydrogens is 359 g/mol. The Bertz CT molecular complexity index is 910. The van der Waals surface area contributed by atoms with Crippen LogP contribution in [0.25, 0.3) is 11.1 Å². The molecule has 2 saturated heterocycles. The first kappa shape index (κ1) is 18.0. The fourth-order valence-corrected chi connectivity index (χ4v) is 4.33. The van der Waals surface area contributed by atoms with Gasteiger partial charge in [-0.05, 0) is 44.0 Å². The van der Waals surface area contributed by atoms with Gasteiger partial charge in [-0.2, -0.15) is 13.2 Å². The summed E-state index contributed by atoms with van der Waals surface area (Å²) in [4.78, 5) is 19.6. The van der Waals surface area contributed by atoms with E-state index >= 15 is 0 Å². The zero-order chi connectivity index (χ0) is 19.2. The number of nitrogens with zero attached hydrogens (tertiary/aromatic N) is 3. The number of aromatic hydroxyl groups is 1. The molecule has 0 amide bonds. The van der Waals surface area contributed by atoms with E-state index < -0.39 is 17.5 Å². The van der Waals surface area contributed by atoms with E-state index in [1.54, 1.807) is 4.57 Å². The van der Waals surface area contributed by atoms with Crippen LogP contribution in [0.15, 0.2) is 35.5 Å². The molecule has 0 radical (unpaired) electrons. The number of halogens is 3. The molecule has 2 atom stereocenters. The second-order valence-electron chi connectivity index (χ2n) is 7.20. The number of piperidine rings is 1. The van der Waals surface area contributed by atoms with Crippen LogP contribution in [-0.2, 0) is 6.18 Å². The summed E-state index contributed by atoms with van der Waals surface area (Å²) in [5.74, 6) is -0.577. The van der Waals surface area contributed by atoms with Crippen molar-refractivity contribution in [1.82, 2.24) is 14.5 Å². The average Bonchev–Trinajstić information content (AvgIpc) is 3.05. The molecule has 1 aromatic carbocycles. The van der Waals surface area contributed by atoms with Gasteiger partial charge in [0.05, 0.1) is 23.5 Å². The third-order valence-electron chi connectivity index (χ3n) is 5.65. The topological polar surface area (TPSA) is 58.4 Å². The maximum absolute atomic E-state index is 13.0. The van der Waals surface area contributed by atoms with Gasteiger partial charge in [-0.15, -0.1) is 0 Å². The maximum Gasteiger partial charge on any atom is 0.416 e. The summed E-state index contributed by atoms with van der Waals surface area (Å²) in [6.45, 7) is 1.96. The molecule has 5 nitrogen and oxygen atoms in total. The first-order valence-corrected chi connectivity index (χ1v) is 9.07. The van der Waals surface area contributed by atoms with Crippen LogP contribution in [0.2, 0.25) is 0 Å². The van der Waals surface area contributed by atoms with Crippen LogP contribution in [0, 0.1) is 0 Å². The lowest BCUT2D eigenvalue weighted by atomic mass is 9.98. The summed E-state index contributed by atoms with van der Waals surface area (Å²) < 4.78 is 40.0. The summed E-state index contributed by atoms with van der Waals surface area (Å²) in [7, 11) is 0. The van der Waals surface area contributed by atoms with Gasteiger partial charge in [0, 0.05) is 24.3 Å².